The molecular formula is C21H18FN3O3S. The number of nitrogens with zero attached hydrogens (tertiary/aromatic N) is 2. The van der Waals surface area contributed by atoms with E-state index in [1.807, 2.05) is 0 Å². The van der Waals surface area contributed by atoms with Crippen LogP contribution in [0.5, 0.6) is 5.75 Å². The van der Waals surface area contributed by atoms with Crippen LogP contribution >= 0.6 is 0 Å². The molecule has 148 valence electrons. The van der Waals surface area contributed by atoms with E-state index in [0.717, 1.165) is 16.8 Å². The van der Waals surface area contributed by atoms with Gasteiger partial charge < -0.3 is 5.11 Å². The molecule has 0 amide bonds. The van der Waals surface area contributed by atoms with Gasteiger partial charge in [0.25, 0.3) is 0 Å². The molecule has 0 radical (unpaired) electrons. The highest BCUT2D eigenvalue weighted by Gasteiger charge is 2.30. The number of rotatable bonds is 4. The summed E-state index contributed by atoms with van der Waals surface area (Å²) in [5.74, 6) is -0.159. The molecule has 3 N–H and O–H groups in total. The first-order valence-corrected chi connectivity index (χ1v) is 10.4. The van der Waals surface area contributed by atoms with Gasteiger partial charge in [0, 0.05) is 6.42 Å². The number of hydrogen-bond acceptors (Lipinski definition) is 5. The lowest BCUT2D eigenvalue weighted by Crippen LogP contribution is -2.19. The number of nitrogens with two attached hydrogens (primary N) is 1. The third-order valence-corrected chi connectivity index (χ3v) is 5.72. The van der Waals surface area contributed by atoms with Crippen molar-refractivity contribution in [1.82, 2.24) is 0 Å². The molecule has 0 aromatic heterocycles. The average Bonchev–Trinajstić information content (AvgIpc) is 3.14. The van der Waals surface area contributed by atoms with Crippen molar-refractivity contribution in [3.63, 3.8) is 0 Å². The number of phenolic OH excluding ortho intramolecular Hbond substituents is 1. The maximum absolute atomic E-state index is 13.4. The van der Waals surface area contributed by atoms with Crippen LogP contribution in [0.1, 0.15) is 23.6 Å². The predicted octanol–water partition coefficient (Wildman–Crippen LogP) is 3.53. The van der Waals surface area contributed by atoms with Gasteiger partial charge in [-0.2, -0.15) is 5.10 Å². The summed E-state index contributed by atoms with van der Waals surface area (Å²) in [5.41, 5.74) is 3.22. The number of sulfonamides is 1. The molecule has 3 aromatic rings. The number of hydrazone groups is 1. The summed E-state index contributed by atoms with van der Waals surface area (Å²) in [5, 5.41) is 21.2. The van der Waals surface area contributed by atoms with Gasteiger partial charge >= 0.3 is 0 Å². The van der Waals surface area contributed by atoms with Crippen LogP contribution in [-0.4, -0.2) is 19.2 Å². The summed E-state index contributed by atoms with van der Waals surface area (Å²) >= 11 is 0. The Hall–Kier alpha value is -3.23. The predicted molar refractivity (Wildman–Crippen MR) is 109 cm³/mol. The summed E-state index contributed by atoms with van der Waals surface area (Å²) in [6.45, 7) is 0. The number of halogens is 1. The largest absolute Gasteiger partial charge is 0.508 e. The number of phenols is 1. The Morgan fingerprint density at radius 3 is 2.17 bits per heavy atom. The Balaban J connectivity index is 1.74. The molecule has 29 heavy (non-hydrogen) atoms. The Bertz CT molecular complexity index is 1160. The van der Waals surface area contributed by atoms with Crippen LogP contribution < -0.4 is 10.1 Å². The van der Waals surface area contributed by atoms with Crippen LogP contribution in [0.3, 0.4) is 0 Å². The highest BCUT2D eigenvalue weighted by atomic mass is 32.2. The zero-order valence-electron chi connectivity index (χ0n) is 15.2. The minimum Gasteiger partial charge on any atom is -0.508 e. The van der Waals surface area contributed by atoms with Gasteiger partial charge in [-0.1, -0.05) is 12.1 Å². The van der Waals surface area contributed by atoms with Crippen molar-refractivity contribution < 1.29 is 17.9 Å². The molecule has 6 nitrogen and oxygen atoms in total. The van der Waals surface area contributed by atoms with Gasteiger partial charge in [-0.15, -0.1) is 0 Å². The van der Waals surface area contributed by atoms with Crippen LogP contribution in [0.4, 0.5) is 10.1 Å². The van der Waals surface area contributed by atoms with Gasteiger partial charge in [0.1, 0.15) is 11.6 Å². The van der Waals surface area contributed by atoms with Crippen molar-refractivity contribution in [2.24, 2.45) is 10.2 Å². The third-order valence-electron chi connectivity index (χ3n) is 4.80. The van der Waals surface area contributed by atoms with Crippen LogP contribution in [0, 0.1) is 5.82 Å². The zero-order chi connectivity index (χ0) is 20.6. The van der Waals surface area contributed by atoms with Gasteiger partial charge in [0.15, 0.2) is 0 Å². The fourth-order valence-corrected chi connectivity index (χ4v) is 3.83. The molecule has 0 aliphatic carbocycles. The molecule has 1 heterocycles. The van der Waals surface area contributed by atoms with E-state index in [1.54, 1.807) is 53.5 Å². The second-order valence-electron chi connectivity index (χ2n) is 6.75. The summed E-state index contributed by atoms with van der Waals surface area (Å²) in [6.07, 6.45) is 0.563. The first kappa shape index (κ1) is 19.1. The van der Waals surface area contributed by atoms with E-state index in [1.165, 1.54) is 24.3 Å². The lowest BCUT2D eigenvalue weighted by Gasteiger charge is -2.24. The zero-order valence-corrected chi connectivity index (χ0v) is 16.1. The van der Waals surface area contributed by atoms with Crippen molar-refractivity contribution in [3.8, 4) is 5.75 Å². The van der Waals surface area contributed by atoms with E-state index in [-0.39, 0.29) is 22.5 Å². The molecule has 1 aliphatic rings. The molecule has 1 aliphatic heterocycles. The lowest BCUT2D eigenvalue weighted by atomic mass is 9.98. The fourth-order valence-electron chi connectivity index (χ4n) is 3.31. The van der Waals surface area contributed by atoms with Gasteiger partial charge in [-0.05, 0) is 71.8 Å². The topological polar surface area (TPSA) is 96.0 Å². The molecule has 4 rings (SSSR count). The van der Waals surface area contributed by atoms with E-state index in [0.29, 0.717) is 12.1 Å². The Kier molecular flexibility index (Phi) is 4.81. The highest BCUT2D eigenvalue weighted by molar-refractivity contribution is 7.89. The van der Waals surface area contributed by atoms with Crippen molar-refractivity contribution in [1.29, 1.82) is 0 Å². The van der Waals surface area contributed by atoms with Crippen molar-refractivity contribution >= 4 is 21.4 Å². The maximum Gasteiger partial charge on any atom is 0.238 e. The van der Waals surface area contributed by atoms with E-state index in [4.69, 9.17) is 10.2 Å². The smallest absolute Gasteiger partial charge is 0.238 e. The third kappa shape index (κ3) is 3.98. The van der Waals surface area contributed by atoms with E-state index < -0.39 is 10.0 Å². The van der Waals surface area contributed by atoms with Crippen molar-refractivity contribution in [2.75, 3.05) is 5.01 Å². The van der Waals surface area contributed by atoms with E-state index in [2.05, 4.69) is 0 Å². The fraction of sp³-hybridized carbons (Fsp3) is 0.0952. The summed E-state index contributed by atoms with van der Waals surface area (Å²) in [7, 11) is -3.79. The Labute approximate surface area is 167 Å². The molecule has 0 unspecified atom stereocenters. The van der Waals surface area contributed by atoms with Crippen LogP contribution in [0.15, 0.2) is 82.8 Å². The summed E-state index contributed by atoms with van der Waals surface area (Å²) in [4.78, 5) is 0.0153. The Morgan fingerprint density at radius 2 is 1.59 bits per heavy atom. The molecule has 3 aromatic carbocycles. The number of benzene rings is 3. The van der Waals surface area contributed by atoms with Gasteiger partial charge in [-0.3, -0.25) is 5.01 Å². The van der Waals surface area contributed by atoms with E-state index >= 15 is 0 Å². The first-order chi connectivity index (χ1) is 13.8. The number of aromatic hydroxyl groups is 1. The second kappa shape index (κ2) is 7.31. The monoisotopic (exact) mass is 411 g/mol. The minimum absolute atomic E-state index is 0.0153. The Morgan fingerprint density at radius 1 is 0.966 bits per heavy atom. The average molecular weight is 411 g/mol. The highest BCUT2D eigenvalue weighted by Crippen LogP contribution is 2.37. The molecule has 0 spiro atoms. The van der Waals surface area contributed by atoms with Gasteiger partial charge in [0.2, 0.25) is 10.0 Å². The molecule has 1 atom stereocenters. The van der Waals surface area contributed by atoms with Gasteiger partial charge in [-0.25, -0.2) is 17.9 Å². The summed E-state index contributed by atoms with van der Waals surface area (Å²) < 4.78 is 36.5. The quantitative estimate of drug-likeness (QED) is 0.686. The molecule has 0 saturated carbocycles. The van der Waals surface area contributed by atoms with Crippen molar-refractivity contribution in [2.45, 2.75) is 17.4 Å². The number of hydrogen-bond donors (Lipinski definition) is 2. The molecular weight excluding hydrogens is 393 g/mol. The first-order valence-electron chi connectivity index (χ1n) is 8.86. The molecule has 8 heteroatoms. The molecule has 0 fully saturated rings. The number of anilines is 1. The maximum atomic E-state index is 13.4. The standard InChI is InChI=1S/C21H18FN3O3S/c22-16-5-1-15(2-6-16)21-13-20(14-3-9-18(26)10-4-14)24-25(21)17-7-11-19(12-8-17)29(23,27)28/h1-12,21,26H,13H2,(H2,23,27,28)/t21-/m1/s1. The number of primary sulfonamides is 1. The molecule has 0 saturated heterocycles. The lowest BCUT2D eigenvalue weighted by molar-refractivity contribution is 0.475. The molecule has 0 bridgehead atoms. The van der Waals surface area contributed by atoms with Gasteiger partial charge in [0.05, 0.1) is 22.3 Å². The van der Waals surface area contributed by atoms with Crippen LogP contribution in [0.2, 0.25) is 0 Å². The normalized spacial score (nSPS) is 16.7. The van der Waals surface area contributed by atoms with Crippen LogP contribution in [0.25, 0.3) is 0 Å². The van der Waals surface area contributed by atoms with Crippen molar-refractivity contribution in [3.05, 3.63) is 89.7 Å². The summed E-state index contributed by atoms with van der Waals surface area (Å²) in [6, 6.07) is 18.9. The van der Waals surface area contributed by atoms with Crippen LogP contribution in [-0.2, 0) is 10.0 Å². The minimum atomic E-state index is -3.79. The second-order valence-corrected chi connectivity index (χ2v) is 8.31. The SMILES string of the molecule is NS(=O)(=O)c1ccc(N2N=C(c3ccc(O)cc3)C[C@@H]2c2ccc(F)cc2)cc1. The van der Waals surface area contributed by atoms with E-state index in [9.17, 15) is 17.9 Å².